The lowest BCUT2D eigenvalue weighted by Crippen LogP contribution is -2.49. The number of aryl methyl sites for hydroxylation is 2. The minimum atomic E-state index is -0.464. The highest BCUT2D eigenvalue weighted by molar-refractivity contribution is 7.18. The van der Waals surface area contributed by atoms with Crippen LogP contribution in [0.15, 0.2) is 24.3 Å². The molecule has 0 spiro atoms. The normalized spacial score (nSPS) is 18.1. The molecule has 34 heavy (non-hydrogen) atoms. The van der Waals surface area contributed by atoms with Gasteiger partial charge in [0.2, 0.25) is 0 Å². The van der Waals surface area contributed by atoms with E-state index < -0.39 is 5.82 Å². The smallest absolute Gasteiger partial charge is 0.256 e. The molecule has 1 aromatic carbocycles. The molecule has 0 unspecified atom stereocenters. The quantitative estimate of drug-likeness (QED) is 0.543. The first-order chi connectivity index (χ1) is 16.4. The van der Waals surface area contributed by atoms with Crippen LogP contribution < -0.4 is 4.90 Å². The number of amides is 1. The average Bonchev–Trinajstić information content (AvgIpc) is 3.13. The summed E-state index contributed by atoms with van der Waals surface area (Å²) in [6.07, 6.45) is 2.45. The number of fused-ring (bicyclic) bond motifs is 1. The van der Waals surface area contributed by atoms with E-state index in [1.165, 1.54) is 29.3 Å². The van der Waals surface area contributed by atoms with E-state index in [1.807, 2.05) is 0 Å². The SMILES string of the molecule is Cc1sc2nc(CN3CCC(C)CC3)nc(N3CCN(C(=O)c4ccccc4F)CC3)c2c1C. The molecule has 4 heterocycles. The summed E-state index contributed by atoms with van der Waals surface area (Å²) in [5, 5.41) is 1.13. The van der Waals surface area contributed by atoms with E-state index in [9.17, 15) is 9.18 Å². The summed E-state index contributed by atoms with van der Waals surface area (Å²) in [6, 6.07) is 6.21. The Balaban J connectivity index is 1.37. The second-order valence-corrected chi connectivity index (χ2v) is 10.8. The highest BCUT2D eigenvalue weighted by Gasteiger charge is 2.27. The summed E-state index contributed by atoms with van der Waals surface area (Å²) in [4.78, 5) is 31.7. The van der Waals surface area contributed by atoms with Crippen molar-refractivity contribution in [2.45, 2.75) is 40.2 Å². The lowest BCUT2D eigenvalue weighted by atomic mass is 9.99. The molecule has 0 bridgehead atoms. The molecular formula is C26H32FN5OS. The first kappa shape index (κ1) is 23.2. The second-order valence-electron chi connectivity index (χ2n) is 9.64. The summed E-state index contributed by atoms with van der Waals surface area (Å²) < 4.78 is 14.1. The number of aromatic nitrogens is 2. The first-order valence-electron chi connectivity index (χ1n) is 12.2. The number of carbonyl (C=O) groups is 1. The number of piperazine rings is 1. The molecule has 5 rings (SSSR count). The van der Waals surface area contributed by atoms with Crippen LogP contribution >= 0.6 is 11.3 Å². The van der Waals surface area contributed by atoms with Crippen LogP contribution in [0.5, 0.6) is 0 Å². The highest BCUT2D eigenvalue weighted by atomic mass is 32.1. The number of carbonyl (C=O) groups excluding carboxylic acids is 1. The van der Waals surface area contributed by atoms with E-state index in [2.05, 4.69) is 30.6 Å². The molecule has 0 N–H and O–H groups in total. The molecular weight excluding hydrogens is 449 g/mol. The Morgan fingerprint density at radius 3 is 2.47 bits per heavy atom. The molecule has 2 aromatic heterocycles. The van der Waals surface area contributed by atoms with Crippen LogP contribution in [0.1, 0.15) is 46.4 Å². The Kier molecular flexibility index (Phi) is 6.53. The summed E-state index contributed by atoms with van der Waals surface area (Å²) in [7, 11) is 0. The van der Waals surface area contributed by atoms with Crippen LogP contribution in [0.4, 0.5) is 10.2 Å². The fourth-order valence-electron chi connectivity index (χ4n) is 4.92. The van der Waals surface area contributed by atoms with E-state index >= 15 is 0 Å². The third kappa shape index (κ3) is 4.53. The minimum absolute atomic E-state index is 0.141. The lowest BCUT2D eigenvalue weighted by molar-refractivity contribution is 0.0742. The predicted octanol–water partition coefficient (Wildman–Crippen LogP) is 4.64. The van der Waals surface area contributed by atoms with E-state index in [0.29, 0.717) is 26.2 Å². The number of thiophene rings is 1. The molecule has 0 atom stereocenters. The molecule has 180 valence electrons. The largest absolute Gasteiger partial charge is 0.352 e. The van der Waals surface area contributed by atoms with E-state index in [-0.39, 0.29) is 11.5 Å². The Morgan fingerprint density at radius 1 is 1.06 bits per heavy atom. The zero-order valence-corrected chi connectivity index (χ0v) is 21.0. The van der Waals surface area contributed by atoms with Crippen LogP contribution in [0.25, 0.3) is 10.2 Å². The van der Waals surface area contributed by atoms with Crippen molar-refractivity contribution in [1.29, 1.82) is 0 Å². The van der Waals surface area contributed by atoms with Gasteiger partial charge in [0, 0.05) is 31.1 Å². The number of hydrogen-bond acceptors (Lipinski definition) is 6. The van der Waals surface area contributed by atoms with Crippen LogP contribution in [0.2, 0.25) is 0 Å². The molecule has 0 radical (unpaired) electrons. The third-order valence-electron chi connectivity index (χ3n) is 7.27. The molecule has 3 aromatic rings. The second kappa shape index (κ2) is 9.58. The van der Waals surface area contributed by atoms with Crippen LogP contribution in [-0.4, -0.2) is 64.9 Å². The standard InChI is InChI=1S/C26H32FN5OS/c1-17-8-10-30(11-9-17)16-22-28-24(23-18(2)19(3)34-25(23)29-22)31-12-14-32(15-13-31)26(33)20-6-4-5-7-21(20)27/h4-7,17H,8-16H2,1-3H3. The summed E-state index contributed by atoms with van der Waals surface area (Å²) in [5.74, 6) is 1.94. The lowest BCUT2D eigenvalue weighted by Gasteiger charge is -2.36. The fourth-order valence-corrected chi connectivity index (χ4v) is 5.96. The number of likely N-dealkylation sites (tertiary alicyclic amines) is 1. The number of hydrogen-bond donors (Lipinski definition) is 0. The van der Waals surface area contributed by atoms with Gasteiger partial charge in [-0.15, -0.1) is 11.3 Å². The third-order valence-corrected chi connectivity index (χ3v) is 8.37. The predicted molar refractivity (Wildman–Crippen MR) is 135 cm³/mol. The van der Waals surface area contributed by atoms with Gasteiger partial charge in [-0.2, -0.15) is 0 Å². The summed E-state index contributed by atoms with van der Waals surface area (Å²) in [5.41, 5.74) is 1.38. The summed E-state index contributed by atoms with van der Waals surface area (Å²) >= 11 is 1.74. The maximum absolute atomic E-state index is 14.1. The van der Waals surface area contributed by atoms with E-state index in [0.717, 1.165) is 47.4 Å². The van der Waals surface area contributed by atoms with Gasteiger partial charge in [-0.05, 0) is 63.4 Å². The number of nitrogens with zero attached hydrogens (tertiary/aromatic N) is 5. The van der Waals surface area contributed by atoms with Gasteiger partial charge < -0.3 is 9.80 Å². The van der Waals surface area contributed by atoms with Crippen molar-refractivity contribution in [2.75, 3.05) is 44.2 Å². The van der Waals surface area contributed by atoms with Crippen molar-refractivity contribution >= 4 is 33.3 Å². The monoisotopic (exact) mass is 481 g/mol. The molecule has 8 heteroatoms. The zero-order valence-electron chi connectivity index (χ0n) is 20.2. The van der Waals surface area contributed by atoms with Crippen molar-refractivity contribution in [1.82, 2.24) is 19.8 Å². The van der Waals surface area contributed by atoms with Crippen LogP contribution in [-0.2, 0) is 6.54 Å². The van der Waals surface area contributed by atoms with Gasteiger partial charge in [-0.25, -0.2) is 14.4 Å². The van der Waals surface area contributed by atoms with Crippen molar-refractivity contribution in [3.05, 3.63) is 51.9 Å². The van der Waals surface area contributed by atoms with E-state index in [4.69, 9.17) is 9.97 Å². The van der Waals surface area contributed by atoms with Gasteiger partial charge in [0.25, 0.3) is 5.91 Å². The van der Waals surface area contributed by atoms with Crippen molar-refractivity contribution in [2.24, 2.45) is 5.92 Å². The molecule has 2 aliphatic heterocycles. The topological polar surface area (TPSA) is 52.6 Å². The van der Waals surface area contributed by atoms with Crippen LogP contribution in [0.3, 0.4) is 0 Å². The molecule has 2 fully saturated rings. The molecule has 0 saturated carbocycles. The molecule has 6 nitrogen and oxygen atoms in total. The Morgan fingerprint density at radius 2 is 1.76 bits per heavy atom. The number of halogens is 1. The number of piperidine rings is 1. The molecule has 0 aliphatic carbocycles. The minimum Gasteiger partial charge on any atom is -0.352 e. The van der Waals surface area contributed by atoms with Gasteiger partial charge in [-0.3, -0.25) is 9.69 Å². The average molecular weight is 482 g/mol. The molecule has 2 saturated heterocycles. The molecule has 2 aliphatic rings. The maximum Gasteiger partial charge on any atom is 0.256 e. The Hall–Kier alpha value is -2.58. The first-order valence-corrected chi connectivity index (χ1v) is 13.0. The maximum atomic E-state index is 14.1. The summed E-state index contributed by atoms with van der Waals surface area (Å²) in [6.45, 7) is 12.0. The fraction of sp³-hybridized carbons (Fsp3) is 0.500. The number of benzene rings is 1. The van der Waals surface area contributed by atoms with Crippen molar-refractivity contribution in [3.63, 3.8) is 0 Å². The van der Waals surface area contributed by atoms with Crippen molar-refractivity contribution in [3.8, 4) is 0 Å². The zero-order chi connectivity index (χ0) is 23.8. The van der Waals surface area contributed by atoms with Gasteiger partial charge in [0.1, 0.15) is 22.3 Å². The number of anilines is 1. The van der Waals surface area contributed by atoms with Gasteiger partial charge in [-0.1, -0.05) is 19.1 Å². The van der Waals surface area contributed by atoms with Gasteiger partial charge >= 0.3 is 0 Å². The van der Waals surface area contributed by atoms with Crippen molar-refractivity contribution < 1.29 is 9.18 Å². The Bertz CT molecular complexity index is 1200. The van der Waals surface area contributed by atoms with E-state index in [1.54, 1.807) is 34.4 Å². The van der Waals surface area contributed by atoms with Gasteiger partial charge in [0.05, 0.1) is 17.5 Å². The van der Waals surface area contributed by atoms with Crippen LogP contribution in [0, 0.1) is 25.6 Å². The molecule has 1 amide bonds. The number of rotatable bonds is 4. The Labute approximate surface area is 204 Å². The van der Waals surface area contributed by atoms with Gasteiger partial charge in [0.15, 0.2) is 0 Å². The highest BCUT2D eigenvalue weighted by Crippen LogP contribution is 2.35.